The number of hydrogen-bond acceptors (Lipinski definition) is 6. The Kier molecular flexibility index (Phi) is 10.9. The van der Waals surface area contributed by atoms with E-state index in [2.05, 4.69) is 52.6 Å². The van der Waals surface area contributed by atoms with E-state index in [4.69, 9.17) is 10.9 Å². The van der Waals surface area contributed by atoms with Gasteiger partial charge in [0.15, 0.2) is 0 Å². The highest BCUT2D eigenvalue weighted by atomic mass is 16.5. The van der Waals surface area contributed by atoms with Crippen LogP contribution < -0.4 is 5.32 Å². The van der Waals surface area contributed by atoms with Crippen LogP contribution in [-0.4, -0.2) is 44.5 Å². The Bertz CT molecular complexity index is 2030. The van der Waals surface area contributed by atoms with E-state index in [1.54, 1.807) is 60.7 Å². The zero-order valence-electron chi connectivity index (χ0n) is 27.1. The summed E-state index contributed by atoms with van der Waals surface area (Å²) in [7, 11) is 0. The molecule has 9 heteroatoms. The molecule has 1 heterocycles. The van der Waals surface area contributed by atoms with E-state index in [1.807, 2.05) is 31.2 Å². The molecule has 5 rings (SSSR count). The first-order valence-electron chi connectivity index (χ1n) is 15.5. The monoisotopic (exact) mass is 650 g/mol. The van der Waals surface area contributed by atoms with E-state index in [9.17, 15) is 19.5 Å². The number of hydrogen-bond donors (Lipinski definition) is 2. The second-order valence-electron chi connectivity index (χ2n) is 11.3. The molecule has 9 nitrogen and oxygen atoms in total. The zero-order chi connectivity index (χ0) is 34.8. The Hall–Kier alpha value is -6.53. The van der Waals surface area contributed by atoms with E-state index in [-0.39, 0.29) is 24.4 Å². The Balaban J connectivity index is 1.22. The molecule has 0 aliphatic rings. The highest BCUT2D eigenvalue weighted by Crippen LogP contribution is 2.26. The van der Waals surface area contributed by atoms with Crippen LogP contribution in [0.5, 0.6) is 0 Å². The molecular weight excluding hydrogens is 616 g/mol. The molecule has 0 fully saturated rings. The van der Waals surface area contributed by atoms with Crippen molar-refractivity contribution in [3.8, 4) is 46.3 Å². The van der Waals surface area contributed by atoms with Gasteiger partial charge < -0.3 is 19.8 Å². The Labute approximate surface area is 284 Å². The quantitative estimate of drug-likeness (QED) is 0.105. The van der Waals surface area contributed by atoms with Crippen LogP contribution in [0.25, 0.3) is 34.0 Å². The predicted octanol–water partition coefficient (Wildman–Crippen LogP) is 7.57. The number of allylic oxidation sites excluding steroid dienone is 3. The summed E-state index contributed by atoms with van der Waals surface area (Å²) in [6.45, 7) is 3.44. The summed E-state index contributed by atoms with van der Waals surface area (Å²) in [5, 5.41) is 16.5. The zero-order valence-corrected chi connectivity index (χ0v) is 27.1. The van der Waals surface area contributed by atoms with Gasteiger partial charge in [-0.3, -0.25) is 14.4 Å². The Morgan fingerprint density at radius 2 is 1.49 bits per heavy atom. The normalized spacial score (nSPS) is 11.2. The van der Waals surface area contributed by atoms with Crippen molar-refractivity contribution < 1.29 is 24.0 Å². The van der Waals surface area contributed by atoms with Crippen molar-refractivity contribution in [2.75, 3.05) is 11.9 Å². The average molecular weight is 651 g/mol. The molecule has 2 N–H and O–H groups in total. The number of benzene rings is 4. The summed E-state index contributed by atoms with van der Waals surface area (Å²) in [5.41, 5.74) is 7.18. The molecule has 5 aromatic rings. The number of carbonyl (C=O) groups is 3. The number of aryl methyl sites for hydroxylation is 1. The van der Waals surface area contributed by atoms with Crippen LogP contribution in [0.4, 0.5) is 5.69 Å². The molecular formula is C40H34N4O5. The molecule has 0 saturated carbocycles. The molecule has 0 saturated heterocycles. The molecule has 0 aliphatic carbocycles. The number of terminal acetylenes is 1. The van der Waals surface area contributed by atoms with Gasteiger partial charge in [-0.2, -0.15) is 4.98 Å². The molecule has 0 aliphatic heterocycles. The number of nitrogens with zero attached hydrogens (tertiary/aromatic N) is 3. The maximum atomic E-state index is 13.4. The number of nitrogens with one attached hydrogen (secondary N) is 1. The van der Waals surface area contributed by atoms with E-state index in [0.717, 1.165) is 27.8 Å². The van der Waals surface area contributed by atoms with Crippen LogP contribution >= 0.6 is 0 Å². The van der Waals surface area contributed by atoms with Crippen molar-refractivity contribution >= 4 is 23.5 Å². The average Bonchev–Trinajstić information content (AvgIpc) is 3.61. The van der Waals surface area contributed by atoms with Crippen LogP contribution in [0.1, 0.15) is 34.8 Å². The molecule has 0 bridgehead atoms. The fraction of sp³-hybridized carbons (Fsp3) is 0.125. The van der Waals surface area contributed by atoms with Crippen LogP contribution in [0.3, 0.4) is 0 Å². The molecule has 4 aromatic carbocycles. The molecule has 0 unspecified atom stereocenters. The lowest BCUT2D eigenvalue weighted by Crippen LogP contribution is -2.35. The third-order valence-corrected chi connectivity index (χ3v) is 7.69. The summed E-state index contributed by atoms with van der Waals surface area (Å²) in [5.74, 6) is 1.34. The lowest BCUT2D eigenvalue weighted by Gasteiger charge is -2.21. The lowest BCUT2D eigenvalue weighted by molar-refractivity contribution is -0.137. The van der Waals surface area contributed by atoms with E-state index >= 15 is 0 Å². The largest absolute Gasteiger partial charge is 0.480 e. The number of carboxylic acid groups (broad SMARTS) is 1. The number of carbonyl (C=O) groups excluding carboxylic acids is 2. The van der Waals surface area contributed by atoms with Gasteiger partial charge in [-0.05, 0) is 78.6 Å². The van der Waals surface area contributed by atoms with Crippen molar-refractivity contribution in [3.63, 3.8) is 0 Å². The molecule has 49 heavy (non-hydrogen) atoms. The van der Waals surface area contributed by atoms with Gasteiger partial charge >= 0.3 is 5.97 Å². The topological polar surface area (TPSA) is 126 Å². The smallest absolute Gasteiger partial charge is 0.323 e. The van der Waals surface area contributed by atoms with Gasteiger partial charge in [0, 0.05) is 28.9 Å². The third kappa shape index (κ3) is 9.05. The number of aliphatic carboxylic acids is 1. The molecule has 0 radical (unpaired) electrons. The van der Waals surface area contributed by atoms with Gasteiger partial charge in [0.05, 0.1) is 6.42 Å². The van der Waals surface area contributed by atoms with Gasteiger partial charge in [0.25, 0.3) is 11.8 Å². The van der Waals surface area contributed by atoms with E-state index in [0.29, 0.717) is 23.0 Å². The molecule has 2 amide bonds. The van der Waals surface area contributed by atoms with E-state index < -0.39 is 18.4 Å². The first kappa shape index (κ1) is 33.8. The van der Waals surface area contributed by atoms with Crippen molar-refractivity contribution in [1.29, 1.82) is 0 Å². The van der Waals surface area contributed by atoms with Gasteiger partial charge in [-0.25, -0.2) is 0 Å². The molecule has 244 valence electrons. The second-order valence-corrected chi connectivity index (χ2v) is 11.3. The Morgan fingerprint density at radius 1 is 0.878 bits per heavy atom. The fourth-order valence-electron chi connectivity index (χ4n) is 5.03. The standard InChI is InChI=1S/C40H34N4O5/c1-4-6-7-28(5-2)24-36(45)41-35-22-20-34(21-23-35)40(48)44(26-37(46)47)25-29-10-14-32(15-11-29)38-42-39(49-43-38)33-18-16-31(17-19-33)30-12-8-27(3)9-13-30/h1,5-23H,24-26H2,2-3H3,(H,41,45)(H,46,47)/b7-6-,28-5+. The van der Waals surface area contributed by atoms with Crippen molar-refractivity contribution in [2.45, 2.75) is 26.8 Å². The van der Waals surface area contributed by atoms with Gasteiger partial charge in [0.1, 0.15) is 6.54 Å². The van der Waals surface area contributed by atoms with Crippen molar-refractivity contribution in [1.82, 2.24) is 15.0 Å². The summed E-state index contributed by atoms with van der Waals surface area (Å²) in [6, 6.07) is 29.7. The van der Waals surface area contributed by atoms with Crippen molar-refractivity contribution in [3.05, 3.63) is 138 Å². The minimum absolute atomic E-state index is 0.0615. The predicted molar refractivity (Wildman–Crippen MR) is 189 cm³/mol. The second kappa shape index (κ2) is 15.8. The van der Waals surface area contributed by atoms with Crippen LogP contribution in [0.15, 0.2) is 125 Å². The maximum Gasteiger partial charge on any atom is 0.323 e. The minimum Gasteiger partial charge on any atom is -0.480 e. The minimum atomic E-state index is -1.14. The number of anilines is 1. The molecule has 0 atom stereocenters. The number of rotatable bonds is 12. The van der Waals surface area contributed by atoms with Gasteiger partial charge in [-0.15, -0.1) is 6.42 Å². The molecule has 1 aromatic heterocycles. The van der Waals surface area contributed by atoms with Crippen LogP contribution in [0.2, 0.25) is 0 Å². The number of amides is 2. The maximum absolute atomic E-state index is 13.4. The number of carboxylic acids is 1. The van der Waals surface area contributed by atoms with Crippen molar-refractivity contribution in [2.24, 2.45) is 0 Å². The summed E-state index contributed by atoms with van der Waals surface area (Å²) >= 11 is 0. The third-order valence-electron chi connectivity index (χ3n) is 7.69. The fourth-order valence-corrected chi connectivity index (χ4v) is 5.03. The highest BCUT2D eigenvalue weighted by Gasteiger charge is 2.20. The molecule has 0 spiro atoms. The van der Waals surface area contributed by atoms with E-state index in [1.165, 1.54) is 16.5 Å². The lowest BCUT2D eigenvalue weighted by atomic mass is 10.0. The highest BCUT2D eigenvalue weighted by molar-refractivity contribution is 5.97. The summed E-state index contributed by atoms with van der Waals surface area (Å²) < 4.78 is 5.54. The Morgan fingerprint density at radius 3 is 2.10 bits per heavy atom. The van der Waals surface area contributed by atoms with Gasteiger partial charge in [-0.1, -0.05) is 89.5 Å². The first-order valence-corrected chi connectivity index (χ1v) is 15.5. The van der Waals surface area contributed by atoms with Crippen LogP contribution in [0, 0.1) is 19.3 Å². The number of aromatic nitrogens is 2. The summed E-state index contributed by atoms with van der Waals surface area (Å²) in [6.07, 6.45) is 10.4. The van der Waals surface area contributed by atoms with Gasteiger partial charge in [0.2, 0.25) is 11.7 Å². The first-order chi connectivity index (χ1) is 23.7. The van der Waals surface area contributed by atoms with Crippen LogP contribution in [-0.2, 0) is 16.1 Å². The summed E-state index contributed by atoms with van der Waals surface area (Å²) in [4.78, 5) is 43.3. The SMILES string of the molecule is C#C/C=C\C(=C/C)CC(=O)Nc1ccc(C(=O)N(CC(=O)O)Cc2ccc(-c3noc(-c4ccc(-c5ccc(C)cc5)cc4)n3)cc2)cc1.